The zero-order valence-electron chi connectivity index (χ0n) is 13.6. The van der Waals surface area contributed by atoms with Crippen molar-refractivity contribution in [2.24, 2.45) is 11.3 Å². The Hall–Kier alpha value is -0.900. The third kappa shape index (κ3) is 7.31. The maximum absolute atomic E-state index is 12.3. The van der Waals surface area contributed by atoms with Gasteiger partial charge in [0.05, 0.1) is 11.6 Å². The minimum absolute atomic E-state index is 0.0237. The van der Waals surface area contributed by atoms with Gasteiger partial charge >= 0.3 is 0 Å². The van der Waals surface area contributed by atoms with Crippen molar-refractivity contribution in [3.05, 3.63) is 0 Å². The van der Waals surface area contributed by atoms with Crippen molar-refractivity contribution in [1.29, 1.82) is 0 Å². The highest BCUT2D eigenvalue weighted by molar-refractivity contribution is 5.92. The number of rotatable bonds is 5. The maximum atomic E-state index is 12.3. The van der Waals surface area contributed by atoms with E-state index >= 15 is 0 Å². The number of carbonyl (C=O) groups excluding carboxylic acids is 2. The summed E-state index contributed by atoms with van der Waals surface area (Å²) < 4.78 is 5.41. The number of carbonyl (C=O) groups is 2. The molecule has 0 saturated carbocycles. The highest BCUT2D eigenvalue weighted by Gasteiger charge is 2.32. The number of ether oxygens (including phenoxy) is 1. The summed E-state index contributed by atoms with van der Waals surface area (Å²) in [5.74, 6) is -0.136. The lowest BCUT2D eigenvalue weighted by atomic mass is 9.82. The van der Waals surface area contributed by atoms with Crippen LogP contribution in [0.1, 0.15) is 55.4 Å². The monoisotopic (exact) mass is 271 g/mol. The molecule has 4 nitrogen and oxygen atoms in total. The summed E-state index contributed by atoms with van der Waals surface area (Å²) >= 11 is 0. The van der Waals surface area contributed by atoms with Crippen LogP contribution < -0.4 is 5.32 Å². The molecule has 1 N–H and O–H groups in total. The summed E-state index contributed by atoms with van der Waals surface area (Å²) in [6.07, 6.45) is 0. The Morgan fingerprint density at radius 3 is 1.84 bits per heavy atom. The van der Waals surface area contributed by atoms with Gasteiger partial charge in [0.2, 0.25) is 5.91 Å². The minimum Gasteiger partial charge on any atom is -0.366 e. The normalized spacial score (nSPS) is 14.4. The first-order valence-electron chi connectivity index (χ1n) is 6.82. The van der Waals surface area contributed by atoms with Gasteiger partial charge in [0.15, 0.2) is 5.78 Å². The Bertz CT molecular complexity index is 321. The molecular formula is C15H29NO3. The first-order chi connectivity index (χ1) is 8.34. The SMILES string of the molecule is CC(C)[C@@H](NC(=O)COC(C)(C)C)C(=O)C(C)(C)C. The number of amides is 1. The van der Waals surface area contributed by atoms with E-state index in [1.807, 2.05) is 55.4 Å². The lowest BCUT2D eigenvalue weighted by molar-refractivity contribution is -0.137. The predicted molar refractivity (Wildman–Crippen MR) is 76.9 cm³/mol. The molecule has 0 aromatic heterocycles. The molecule has 1 amide bonds. The van der Waals surface area contributed by atoms with Crippen LogP contribution in [0.2, 0.25) is 0 Å². The molecule has 0 bridgehead atoms. The van der Waals surface area contributed by atoms with Gasteiger partial charge in [0.1, 0.15) is 6.61 Å². The van der Waals surface area contributed by atoms with E-state index in [4.69, 9.17) is 4.74 Å². The second-order valence-corrected chi connectivity index (χ2v) is 7.30. The Balaban J connectivity index is 4.61. The van der Waals surface area contributed by atoms with Crippen molar-refractivity contribution in [3.8, 4) is 0 Å². The molecule has 112 valence electrons. The minimum atomic E-state index is -0.465. The number of Topliss-reactive ketones (excluding diaryl/α,β-unsaturated/α-hetero) is 1. The fourth-order valence-corrected chi connectivity index (χ4v) is 1.50. The lowest BCUT2D eigenvalue weighted by Crippen LogP contribution is -2.50. The van der Waals surface area contributed by atoms with Crippen LogP contribution in [0.5, 0.6) is 0 Å². The van der Waals surface area contributed by atoms with Crippen LogP contribution in [0.3, 0.4) is 0 Å². The zero-order chi connectivity index (χ0) is 15.4. The van der Waals surface area contributed by atoms with Gasteiger partial charge in [-0.15, -0.1) is 0 Å². The van der Waals surface area contributed by atoms with E-state index in [1.54, 1.807) is 0 Å². The molecule has 0 aliphatic carbocycles. The quantitative estimate of drug-likeness (QED) is 0.836. The van der Waals surface area contributed by atoms with Gasteiger partial charge in [-0.25, -0.2) is 0 Å². The van der Waals surface area contributed by atoms with Gasteiger partial charge in [-0.2, -0.15) is 0 Å². The molecule has 0 aliphatic heterocycles. The number of hydrogen-bond donors (Lipinski definition) is 1. The Labute approximate surface area is 117 Å². The molecule has 0 aromatic carbocycles. The molecule has 0 spiro atoms. The zero-order valence-corrected chi connectivity index (χ0v) is 13.6. The van der Waals surface area contributed by atoms with Gasteiger partial charge in [-0.05, 0) is 26.7 Å². The number of ketones is 1. The van der Waals surface area contributed by atoms with Crippen LogP contribution in [-0.2, 0) is 14.3 Å². The van der Waals surface area contributed by atoms with E-state index in [2.05, 4.69) is 5.32 Å². The molecule has 4 heteroatoms. The van der Waals surface area contributed by atoms with Crippen molar-refractivity contribution in [3.63, 3.8) is 0 Å². The molecule has 0 rings (SSSR count). The van der Waals surface area contributed by atoms with Crippen LogP contribution in [0.25, 0.3) is 0 Å². The number of hydrogen-bond acceptors (Lipinski definition) is 3. The van der Waals surface area contributed by atoms with Crippen molar-refractivity contribution in [2.75, 3.05) is 6.61 Å². The van der Waals surface area contributed by atoms with E-state index in [0.717, 1.165) is 0 Å². The summed E-state index contributed by atoms with van der Waals surface area (Å²) in [6.45, 7) is 15.1. The standard InChI is InChI=1S/C15H29NO3/c1-10(2)12(13(18)14(3,4)5)16-11(17)9-19-15(6,7)8/h10,12H,9H2,1-8H3,(H,16,17)/t12-/m1/s1. The summed E-state index contributed by atoms with van der Waals surface area (Å²) in [5.41, 5.74) is -0.828. The summed E-state index contributed by atoms with van der Waals surface area (Å²) in [4.78, 5) is 24.1. The van der Waals surface area contributed by atoms with Crippen LogP contribution >= 0.6 is 0 Å². The average Bonchev–Trinajstić information content (AvgIpc) is 2.19. The molecule has 0 fully saturated rings. The van der Waals surface area contributed by atoms with E-state index in [1.165, 1.54) is 0 Å². The highest BCUT2D eigenvalue weighted by Crippen LogP contribution is 2.20. The number of nitrogens with one attached hydrogen (secondary N) is 1. The summed E-state index contributed by atoms with van der Waals surface area (Å²) in [6, 6.07) is -0.462. The second kappa shape index (κ2) is 6.51. The maximum Gasteiger partial charge on any atom is 0.246 e. The lowest BCUT2D eigenvalue weighted by Gasteiger charge is -2.28. The Morgan fingerprint density at radius 1 is 1.05 bits per heavy atom. The molecule has 19 heavy (non-hydrogen) atoms. The third-order valence-corrected chi connectivity index (χ3v) is 2.64. The molecule has 0 saturated heterocycles. The van der Waals surface area contributed by atoms with Gasteiger partial charge < -0.3 is 10.1 Å². The van der Waals surface area contributed by atoms with Crippen molar-refractivity contribution >= 4 is 11.7 Å². The van der Waals surface area contributed by atoms with Crippen LogP contribution in [0.4, 0.5) is 0 Å². The third-order valence-electron chi connectivity index (χ3n) is 2.64. The van der Waals surface area contributed by atoms with Gasteiger partial charge in [0, 0.05) is 5.41 Å². The van der Waals surface area contributed by atoms with Crippen LogP contribution in [0, 0.1) is 11.3 Å². The fourth-order valence-electron chi connectivity index (χ4n) is 1.50. The van der Waals surface area contributed by atoms with Crippen LogP contribution in [0.15, 0.2) is 0 Å². The van der Waals surface area contributed by atoms with Gasteiger partial charge in [-0.3, -0.25) is 9.59 Å². The highest BCUT2D eigenvalue weighted by atomic mass is 16.5. The second-order valence-electron chi connectivity index (χ2n) is 7.30. The first kappa shape index (κ1) is 18.1. The van der Waals surface area contributed by atoms with E-state index in [-0.39, 0.29) is 29.8 Å². The summed E-state index contributed by atoms with van der Waals surface area (Å²) in [5, 5.41) is 2.78. The largest absolute Gasteiger partial charge is 0.366 e. The molecule has 0 heterocycles. The fraction of sp³-hybridized carbons (Fsp3) is 0.867. The van der Waals surface area contributed by atoms with E-state index < -0.39 is 11.5 Å². The topological polar surface area (TPSA) is 55.4 Å². The average molecular weight is 271 g/mol. The Kier molecular flexibility index (Phi) is 6.20. The van der Waals surface area contributed by atoms with E-state index in [9.17, 15) is 9.59 Å². The molecular weight excluding hydrogens is 242 g/mol. The molecule has 0 aliphatic rings. The molecule has 0 unspecified atom stereocenters. The smallest absolute Gasteiger partial charge is 0.246 e. The van der Waals surface area contributed by atoms with E-state index in [0.29, 0.717) is 0 Å². The van der Waals surface area contributed by atoms with Crippen LogP contribution in [-0.4, -0.2) is 29.9 Å². The Morgan fingerprint density at radius 2 is 1.53 bits per heavy atom. The van der Waals surface area contributed by atoms with Crippen molar-refractivity contribution in [1.82, 2.24) is 5.32 Å². The van der Waals surface area contributed by atoms with Crippen molar-refractivity contribution < 1.29 is 14.3 Å². The van der Waals surface area contributed by atoms with Crippen molar-refractivity contribution in [2.45, 2.75) is 67.0 Å². The summed E-state index contributed by atoms with van der Waals surface area (Å²) in [7, 11) is 0. The van der Waals surface area contributed by atoms with Gasteiger partial charge in [-0.1, -0.05) is 34.6 Å². The molecule has 1 atom stereocenters. The molecule has 0 radical (unpaired) electrons. The predicted octanol–water partition coefficient (Wildman–Crippen LogP) is 2.56. The first-order valence-corrected chi connectivity index (χ1v) is 6.82. The van der Waals surface area contributed by atoms with Gasteiger partial charge in [0.25, 0.3) is 0 Å². The molecule has 0 aromatic rings.